The topological polar surface area (TPSA) is 3.24 Å². The lowest BCUT2D eigenvalue weighted by molar-refractivity contribution is 0.268. The first-order valence-corrected chi connectivity index (χ1v) is 6.72. The third kappa shape index (κ3) is 1.93. The van der Waals surface area contributed by atoms with Crippen LogP contribution < -0.4 is 0 Å². The Morgan fingerprint density at radius 1 is 1.18 bits per heavy atom. The maximum absolute atomic E-state index is 2.40. The van der Waals surface area contributed by atoms with E-state index in [1.54, 1.807) is 22.3 Å². The van der Waals surface area contributed by atoms with Crippen molar-refractivity contribution in [2.75, 3.05) is 14.1 Å². The molecule has 1 heteroatoms. The molecule has 0 amide bonds. The third-order valence-electron chi connectivity index (χ3n) is 4.34. The second-order valence-electron chi connectivity index (χ2n) is 5.57. The Kier molecular flexibility index (Phi) is 2.79. The molecule has 17 heavy (non-hydrogen) atoms. The largest absolute Gasteiger partial charge is 0.306 e. The molecule has 0 aliphatic heterocycles. The zero-order valence-electron chi connectivity index (χ0n) is 10.9. The first-order chi connectivity index (χ1) is 8.25. The summed E-state index contributed by atoms with van der Waals surface area (Å²) in [4.78, 5) is 2.38. The quantitative estimate of drug-likeness (QED) is 0.749. The van der Waals surface area contributed by atoms with E-state index in [0.29, 0.717) is 0 Å². The Bertz CT molecular complexity index is 457. The van der Waals surface area contributed by atoms with Crippen molar-refractivity contribution in [3.63, 3.8) is 0 Å². The van der Waals surface area contributed by atoms with Gasteiger partial charge in [0.05, 0.1) is 0 Å². The van der Waals surface area contributed by atoms with Gasteiger partial charge in [0.1, 0.15) is 0 Å². The molecule has 0 saturated carbocycles. The molecular formula is C16H21N. The van der Waals surface area contributed by atoms with E-state index in [-0.39, 0.29) is 0 Å². The molecule has 3 rings (SSSR count). The Labute approximate surface area is 104 Å². The lowest BCUT2D eigenvalue weighted by atomic mass is 9.80. The molecule has 2 aliphatic rings. The van der Waals surface area contributed by atoms with Gasteiger partial charge in [0, 0.05) is 6.04 Å². The second-order valence-corrected chi connectivity index (χ2v) is 5.57. The molecule has 1 nitrogen and oxygen atoms in total. The highest BCUT2D eigenvalue weighted by atomic mass is 15.1. The van der Waals surface area contributed by atoms with Crippen molar-refractivity contribution in [2.45, 2.75) is 38.1 Å². The van der Waals surface area contributed by atoms with Crippen molar-refractivity contribution < 1.29 is 0 Å². The molecule has 0 saturated heterocycles. The van der Waals surface area contributed by atoms with Gasteiger partial charge >= 0.3 is 0 Å². The molecule has 0 heterocycles. The van der Waals surface area contributed by atoms with Gasteiger partial charge in [-0.3, -0.25) is 0 Å². The van der Waals surface area contributed by atoms with Crippen LogP contribution in [-0.4, -0.2) is 25.0 Å². The molecular weight excluding hydrogens is 206 g/mol. The predicted octanol–water partition coefficient (Wildman–Crippen LogP) is 3.28. The lowest BCUT2D eigenvalue weighted by Crippen LogP contribution is -2.34. The van der Waals surface area contributed by atoms with Crippen LogP contribution >= 0.6 is 0 Å². The van der Waals surface area contributed by atoms with Crippen molar-refractivity contribution >= 4 is 5.57 Å². The van der Waals surface area contributed by atoms with Crippen LogP contribution in [0.5, 0.6) is 0 Å². The van der Waals surface area contributed by atoms with Gasteiger partial charge in [-0.1, -0.05) is 24.3 Å². The van der Waals surface area contributed by atoms with Gasteiger partial charge in [-0.05, 0) is 68.5 Å². The number of hydrogen-bond donors (Lipinski definition) is 0. The molecule has 2 aliphatic carbocycles. The first kappa shape index (κ1) is 11.0. The van der Waals surface area contributed by atoms with Gasteiger partial charge < -0.3 is 4.90 Å². The third-order valence-corrected chi connectivity index (χ3v) is 4.34. The second kappa shape index (κ2) is 4.30. The summed E-state index contributed by atoms with van der Waals surface area (Å²) >= 11 is 0. The smallest absolute Gasteiger partial charge is 0.0133 e. The van der Waals surface area contributed by atoms with E-state index in [9.17, 15) is 0 Å². The monoisotopic (exact) mass is 227 g/mol. The van der Waals surface area contributed by atoms with Crippen LogP contribution in [0.3, 0.4) is 0 Å². The summed E-state index contributed by atoms with van der Waals surface area (Å²) in [6.45, 7) is 0. The van der Waals surface area contributed by atoms with Gasteiger partial charge in [-0.25, -0.2) is 0 Å². The van der Waals surface area contributed by atoms with E-state index >= 15 is 0 Å². The number of aryl methyl sites for hydroxylation is 1. The van der Waals surface area contributed by atoms with Crippen LogP contribution in [0.1, 0.15) is 36.0 Å². The summed E-state index contributed by atoms with van der Waals surface area (Å²) in [7, 11) is 4.42. The fourth-order valence-corrected chi connectivity index (χ4v) is 3.04. The Morgan fingerprint density at radius 3 is 2.65 bits per heavy atom. The molecule has 0 N–H and O–H groups in total. The Balaban J connectivity index is 1.98. The number of rotatable bonds is 2. The van der Waals surface area contributed by atoms with Crippen molar-refractivity contribution in [3.05, 3.63) is 41.0 Å². The van der Waals surface area contributed by atoms with E-state index in [4.69, 9.17) is 0 Å². The molecule has 1 atom stereocenters. The lowest BCUT2D eigenvalue weighted by Gasteiger charge is -2.32. The minimum Gasteiger partial charge on any atom is -0.306 e. The highest BCUT2D eigenvalue weighted by Crippen LogP contribution is 2.35. The summed E-state index contributed by atoms with van der Waals surface area (Å²) in [5.41, 5.74) is 6.35. The minimum absolute atomic E-state index is 0.726. The average molecular weight is 227 g/mol. The molecule has 0 spiro atoms. The summed E-state index contributed by atoms with van der Waals surface area (Å²) in [5, 5.41) is 0. The Hall–Kier alpha value is -1.08. The number of allylic oxidation sites excluding steroid dienone is 2. The van der Waals surface area contributed by atoms with Crippen molar-refractivity contribution in [1.29, 1.82) is 0 Å². The van der Waals surface area contributed by atoms with Crippen LogP contribution in [-0.2, 0) is 12.8 Å². The summed E-state index contributed by atoms with van der Waals surface area (Å²) in [5.74, 6) is 0. The highest BCUT2D eigenvalue weighted by Gasteiger charge is 2.23. The van der Waals surface area contributed by atoms with Gasteiger partial charge in [0.15, 0.2) is 0 Å². The van der Waals surface area contributed by atoms with Gasteiger partial charge in [-0.15, -0.1) is 0 Å². The zero-order valence-corrected chi connectivity index (χ0v) is 10.9. The summed E-state index contributed by atoms with van der Waals surface area (Å²) < 4.78 is 0. The van der Waals surface area contributed by atoms with Crippen LogP contribution in [0.25, 0.3) is 5.57 Å². The molecule has 90 valence electrons. The van der Waals surface area contributed by atoms with Crippen LogP contribution in [0, 0.1) is 0 Å². The predicted molar refractivity (Wildman–Crippen MR) is 73.2 cm³/mol. The average Bonchev–Trinajstić information content (AvgIpc) is 2.26. The standard InChI is InChI=1S/C16H21N/c1-17(2)14-10-9-13-7-4-8-15(16(13)11-14)12-5-3-6-12/h4-5,7-8,14H,3,6,9-11H2,1-2H3/t14-/m1/s1. The van der Waals surface area contributed by atoms with E-state index in [1.807, 2.05) is 0 Å². The van der Waals surface area contributed by atoms with Crippen LogP contribution in [0.2, 0.25) is 0 Å². The van der Waals surface area contributed by atoms with Gasteiger partial charge in [-0.2, -0.15) is 0 Å². The highest BCUT2D eigenvalue weighted by molar-refractivity contribution is 5.73. The number of fused-ring (bicyclic) bond motifs is 1. The van der Waals surface area contributed by atoms with Gasteiger partial charge in [0.25, 0.3) is 0 Å². The van der Waals surface area contributed by atoms with Crippen molar-refractivity contribution in [1.82, 2.24) is 4.90 Å². The number of nitrogens with zero attached hydrogens (tertiary/aromatic N) is 1. The number of hydrogen-bond acceptors (Lipinski definition) is 1. The normalized spacial score (nSPS) is 23.0. The number of benzene rings is 1. The van der Waals surface area contributed by atoms with E-state index in [1.165, 1.54) is 32.1 Å². The van der Waals surface area contributed by atoms with Crippen LogP contribution in [0.4, 0.5) is 0 Å². The van der Waals surface area contributed by atoms with Gasteiger partial charge in [0.2, 0.25) is 0 Å². The van der Waals surface area contributed by atoms with E-state index in [2.05, 4.69) is 43.3 Å². The summed E-state index contributed by atoms with van der Waals surface area (Å²) in [6.07, 6.45) is 8.74. The molecule has 0 unspecified atom stereocenters. The molecule has 0 bridgehead atoms. The first-order valence-electron chi connectivity index (χ1n) is 6.72. The van der Waals surface area contributed by atoms with Crippen molar-refractivity contribution in [3.8, 4) is 0 Å². The molecule has 0 fully saturated rings. The molecule has 1 aromatic carbocycles. The molecule has 1 aromatic rings. The van der Waals surface area contributed by atoms with Crippen molar-refractivity contribution in [2.24, 2.45) is 0 Å². The summed E-state index contributed by atoms with van der Waals surface area (Å²) in [6, 6.07) is 7.61. The minimum atomic E-state index is 0.726. The maximum Gasteiger partial charge on any atom is 0.0133 e. The Morgan fingerprint density at radius 2 is 2.00 bits per heavy atom. The maximum atomic E-state index is 2.40. The zero-order chi connectivity index (χ0) is 11.8. The molecule has 0 radical (unpaired) electrons. The SMILES string of the molecule is CN(C)[C@@H]1CCc2cccc(C3=CCC3)c2C1. The fraction of sp³-hybridized carbons (Fsp3) is 0.500. The van der Waals surface area contributed by atoms with Crippen LogP contribution in [0.15, 0.2) is 24.3 Å². The molecule has 0 aromatic heterocycles. The fourth-order valence-electron chi connectivity index (χ4n) is 3.04. The van der Waals surface area contributed by atoms with E-state index < -0.39 is 0 Å². The number of likely N-dealkylation sites (N-methyl/N-ethyl adjacent to an activating group) is 1. The van der Waals surface area contributed by atoms with E-state index in [0.717, 1.165) is 6.04 Å².